The minimum absolute atomic E-state index is 0.0986. The number of likely N-dealkylation sites (N-methyl/N-ethyl adjacent to an activating group) is 2. The highest BCUT2D eigenvalue weighted by atomic mass is 35.5. The predicted octanol–water partition coefficient (Wildman–Crippen LogP) is 2.60. The molecule has 0 saturated heterocycles. The highest BCUT2D eigenvalue weighted by molar-refractivity contribution is 6.31. The van der Waals surface area contributed by atoms with Gasteiger partial charge in [-0.2, -0.15) is 0 Å². The van der Waals surface area contributed by atoms with E-state index >= 15 is 0 Å². The molecule has 0 spiro atoms. The maximum atomic E-state index is 6.19. The lowest BCUT2D eigenvalue weighted by molar-refractivity contribution is 0.116. The standard InChI is InChI=1S/C14H24ClN3/c1-6-14(2,18(4)5)13(16-3)9-11-7-8-17-10-12(11)15/h7-8,10,13,16H,6,9H2,1-5H3. The number of nitrogens with one attached hydrogen (secondary N) is 1. The van der Waals surface area contributed by atoms with Gasteiger partial charge >= 0.3 is 0 Å². The first-order chi connectivity index (χ1) is 8.45. The first-order valence-corrected chi connectivity index (χ1v) is 6.76. The van der Waals surface area contributed by atoms with Gasteiger partial charge in [-0.25, -0.2) is 0 Å². The second-order valence-electron chi connectivity index (χ2n) is 5.12. The molecule has 102 valence electrons. The number of pyridine rings is 1. The van der Waals surface area contributed by atoms with Crippen LogP contribution < -0.4 is 5.32 Å². The van der Waals surface area contributed by atoms with Gasteiger partial charge < -0.3 is 10.2 Å². The third-order valence-corrected chi connectivity index (χ3v) is 4.46. The second-order valence-corrected chi connectivity index (χ2v) is 5.52. The van der Waals surface area contributed by atoms with Crippen LogP contribution in [0.2, 0.25) is 5.02 Å². The largest absolute Gasteiger partial charge is 0.315 e. The third kappa shape index (κ3) is 3.22. The van der Waals surface area contributed by atoms with Crippen molar-refractivity contribution in [1.29, 1.82) is 0 Å². The van der Waals surface area contributed by atoms with Gasteiger partial charge in [0.1, 0.15) is 0 Å². The average molecular weight is 270 g/mol. The van der Waals surface area contributed by atoms with Crippen LogP contribution in [0.1, 0.15) is 25.8 Å². The van der Waals surface area contributed by atoms with E-state index in [4.69, 9.17) is 11.6 Å². The van der Waals surface area contributed by atoms with Crippen LogP contribution in [0.5, 0.6) is 0 Å². The Hall–Kier alpha value is -0.640. The summed E-state index contributed by atoms with van der Waals surface area (Å²) in [6.07, 6.45) is 5.49. The van der Waals surface area contributed by atoms with E-state index in [9.17, 15) is 0 Å². The molecule has 2 atom stereocenters. The molecule has 1 N–H and O–H groups in total. The normalized spacial score (nSPS) is 16.6. The Morgan fingerprint density at radius 1 is 1.50 bits per heavy atom. The van der Waals surface area contributed by atoms with Crippen LogP contribution in [0.4, 0.5) is 0 Å². The van der Waals surface area contributed by atoms with E-state index in [1.54, 1.807) is 12.4 Å². The SMILES string of the molecule is CCC(C)(C(Cc1ccncc1Cl)NC)N(C)C. The summed E-state index contributed by atoms with van der Waals surface area (Å²) >= 11 is 6.19. The van der Waals surface area contributed by atoms with Crippen LogP contribution in [0, 0.1) is 0 Å². The summed E-state index contributed by atoms with van der Waals surface area (Å²) in [6.45, 7) is 4.50. The number of nitrogens with zero attached hydrogens (tertiary/aromatic N) is 2. The summed E-state index contributed by atoms with van der Waals surface area (Å²) in [4.78, 5) is 6.31. The molecule has 1 aromatic heterocycles. The molecule has 0 saturated carbocycles. The molecule has 0 aliphatic carbocycles. The van der Waals surface area contributed by atoms with Crippen molar-refractivity contribution in [3.05, 3.63) is 29.0 Å². The Morgan fingerprint density at radius 2 is 2.17 bits per heavy atom. The van der Waals surface area contributed by atoms with Crippen molar-refractivity contribution in [3.63, 3.8) is 0 Å². The van der Waals surface area contributed by atoms with Crippen LogP contribution in [0.25, 0.3) is 0 Å². The first-order valence-electron chi connectivity index (χ1n) is 6.38. The molecule has 18 heavy (non-hydrogen) atoms. The van der Waals surface area contributed by atoms with Crippen molar-refractivity contribution < 1.29 is 0 Å². The van der Waals surface area contributed by atoms with Crippen molar-refractivity contribution in [2.75, 3.05) is 21.1 Å². The summed E-state index contributed by atoms with van der Waals surface area (Å²) in [5, 5.41) is 4.18. The zero-order chi connectivity index (χ0) is 13.8. The Bertz CT molecular complexity index is 381. The van der Waals surface area contributed by atoms with Crippen LogP contribution in [0.15, 0.2) is 18.5 Å². The number of aromatic nitrogens is 1. The van der Waals surface area contributed by atoms with E-state index in [2.05, 4.69) is 43.1 Å². The van der Waals surface area contributed by atoms with Crippen molar-refractivity contribution >= 4 is 11.6 Å². The molecule has 1 heterocycles. The maximum absolute atomic E-state index is 6.19. The quantitative estimate of drug-likeness (QED) is 0.861. The lowest BCUT2D eigenvalue weighted by Gasteiger charge is -2.43. The van der Waals surface area contributed by atoms with Gasteiger partial charge in [-0.1, -0.05) is 18.5 Å². The van der Waals surface area contributed by atoms with Gasteiger partial charge in [-0.05, 0) is 52.5 Å². The summed E-state index contributed by atoms with van der Waals surface area (Å²) in [7, 11) is 6.27. The van der Waals surface area contributed by atoms with Crippen molar-refractivity contribution in [3.8, 4) is 0 Å². The summed E-state index contributed by atoms with van der Waals surface area (Å²) in [6, 6.07) is 2.34. The molecular formula is C14H24ClN3. The molecule has 1 aromatic rings. The molecule has 0 radical (unpaired) electrons. The van der Waals surface area contributed by atoms with Crippen LogP contribution >= 0.6 is 11.6 Å². The monoisotopic (exact) mass is 269 g/mol. The van der Waals surface area contributed by atoms with E-state index in [0.717, 1.165) is 23.4 Å². The molecule has 0 amide bonds. The maximum Gasteiger partial charge on any atom is 0.0621 e. The molecule has 0 aromatic carbocycles. The van der Waals surface area contributed by atoms with Gasteiger partial charge in [-0.3, -0.25) is 4.98 Å². The van der Waals surface area contributed by atoms with Crippen LogP contribution in [-0.2, 0) is 6.42 Å². The van der Waals surface area contributed by atoms with E-state index in [1.807, 2.05) is 13.1 Å². The molecule has 0 aliphatic heterocycles. The molecule has 1 rings (SSSR count). The van der Waals surface area contributed by atoms with Gasteiger partial charge in [0.15, 0.2) is 0 Å². The minimum atomic E-state index is 0.0986. The number of halogens is 1. The van der Waals surface area contributed by atoms with Crippen molar-refractivity contribution in [2.45, 2.75) is 38.3 Å². The van der Waals surface area contributed by atoms with Gasteiger partial charge in [0.2, 0.25) is 0 Å². The smallest absolute Gasteiger partial charge is 0.0621 e. The number of hydrogen-bond acceptors (Lipinski definition) is 3. The number of hydrogen-bond donors (Lipinski definition) is 1. The molecule has 0 fully saturated rings. The molecular weight excluding hydrogens is 246 g/mol. The zero-order valence-corrected chi connectivity index (χ0v) is 12.8. The van der Waals surface area contributed by atoms with Crippen LogP contribution in [0.3, 0.4) is 0 Å². The minimum Gasteiger partial charge on any atom is -0.315 e. The summed E-state index contributed by atoms with van der Waals surface area (Å²) in [5.41, 5.74) is 1.24. The van der Waals surface area contributed by atoms with E-state index < -0.39 is 0 Å². The topological polar surface area (TPSA) is 28.2 Å². The first kappa shape index (κ1) is 15.4. The van der Waals surface area contributed by atoms with Gasteiger partial charge in [0.05, 0.1) is 5.02 Å². The highest BCUT2D eigenvalue weighted by Gasteiger charge is 2.33. The molecule has 3 nitrogen and oxygen atoms in total. The fraction of sp³-hybridized carbons (Fsp3) is 0.643. The molecule has 0 bridgehead atoms. The van der Waals surface area contributed by atoms with Crippen molar-refractivity contribution in [2.24, 2.45) is 0 Å². The predicted molar refractivity (Wildman–Crippen MR) is 78.2 cm³/mol. The Morgan fingerprint density at radius 3 is 2.61 bits per heavy atom. The zero-order valence-electron chi connectivity index (χ0n) is 12.0. The molecule has 4 heteroatoms. The summed E-state index contributed by atoms with van der Waals surface area (Å²) < 4.78 is 0. The van der Waals surface area contributed by atoms with E-state index in [-0.39, 0.29) is 5.54 Å². The Kier molecular flexibility index (Phi) is 5.57. The van der Waals surface area contributed by atoms with Gasteiger partial charge in [-0.15, -0.1) is 0 Å². The van der Waals surface area contributed by atoms with Crippen LogP contribution in [-0.4, -0.2) is 42.6 Å². The molecule has 0 aliphatic rings. The van der Waals surface area contributed by atoms with E-state index in [0.29, 0.717) is 6.04 Å². The summed E-state index contributed by atoms with van der Waals surface area (Å²) in [5.74, 6) is 0. The lowest BCUT2D eigenvalue weighted by atomic mass is 9.84. The fourth-order valence-corrected chi connectivity index (χ4v) is 2.49. The van der Waals surface area contributed by atoms with E-state index in [1.165, 1.54) is 0 Å². The third-order valence-electron chi connectivity index (χ3n) is 4.12. The highest BCUT2D eigenvalue weighted by Crippen LogP contribution is 2.25. The van der Waals surface area contributed by atoms with Gasteiger partial charge in [0, 0.05) is 24.0 Å². The molecule has 2 unspecified atom stereocenters. The Labute approximate surface area is 116 Å². The number of rotatable bonds is 6. The fourth-order valence-electron chi connectivity index (χ4n) is 2.30. The Balaban J connectivity index is 2.94. The van der Waals surface area contributed by atoms with Crippen molar-refractivity contribution in [1.82, 2.24) is 15.2 Å². The average Bonchev–Trinajstić information content (AvgIpc) is 2.36. The second kappa shape index (κ2) is 6.50. The lowest BCUT2D eigenvalue weighted by Crippen LogP contribution is -2.57. The van der Waals surface area contributed by atoms with Gasteiger partial charge in [0.25, 0.3) is 0 Å².